The van der Waals surface area contributed by atoms with Crippen molar-refractivity contribution in [1.82, 2.24) is 0 Å². The summed E-state index contributed by atoms with van der Waals surface area (Å²) < 4.78 is 13.2. The second-order valence-electron chi connectivity index (χ2n) is 4.17. The molecule has 0 heterocycles. The molecule has 0 saturated heterocycles. The number of aryl methyl sites for hydroxylation is 1. The third-order valence-corrected chi connectivity index (χ3v) is 3.23. The zero-order chi connectivity index (χ0) is 11.1. The molecule has 2 nitrogen and oxygen atoms in total. The minimum absolute atomic E-state index is 0.344. The van der Waals surface area contributed by atoms with E-state index in [0.717, 1.165) is 30.4 Å². The first-order valence-corrected chi connectivity index (χ1v) is 5.00. The smallest absolute Gasteiger partial charge is 0.165 e. The highest BCUT2D eigenvalue weighted by atomic mass is 19.1. The van der Waals surface area contributed by atoms with E-state index in [1.165, 1.54) is 12.1 Å². The van der Waals surface area contributed by atoms with E-state index in [-0.39, 0.29) is 5.75 Å². The number of rotatable bonds is 1. The Morgan fingerprint density at radius 3 is 2.60 bits per heavy atom. The SMILES string of the molecule is Cc1cc(O)c(F)cc1C1(C#N)CCC1. The molecule has 0 aromatic heterocycles. The van der Waals surface area contributed by atoms with Gasteiger partial charge in [-0.15, -0.1) is 0 Å². The highest BCUT2D eigenvalue weighted by Gasteiger charge is 2.40. The van der Waals surface area contributed by atoms with E-state index in [2.05, 4.69) is 6.07 Å². The van der Waals surface area contributed by atoms with Crippen LogP contribution in [0.4, 0.5) is 4.39 Å². The standard InChI is InChI=1S/C12H12FNO/c1-8-5-11(15)10(13)6-9(8)12(7-14)3-2-4-12/h5-6,15H,2-4H2,1H3. The lowest BCUT2D eigenvalue weighted by Gasteiger charge is -2.36. The molecule has 1 aromatic carbocycles. The van der Waals surface area contributed by atoms with Gasteiger partial charge in [0, 0.05) is 0 Å². The molecule has 0 radical (unpaired) electrons. The van der Waals surface area contributed by atoms with Crippen LogP contribution in [0, 0.1) is 24.1 Å². The number of phenols is 1. The van der Waals surface area contributed by atoms with Crippen molar-refractivity contribution in [2.24, 2.45) is 0 Å². The number of phenolic OH excluding ortho intramolecular Hbond substituents is 1. The Balaban J connectivity index is 2.54. The second kappa shape index (κ2) is 3.23. The Morgan fingerprint density at radius 1 is 1.47 bits per heavy atom. The summed E-state index contributed by atoms with van der Waals surface area (Å²) in [6.07, 6.45) is 2.58. The number of benzene rings is 1. The van der Waals surface area contributed by atoms with Crippen LogP contribution >= 0.6 is 0 Å². The zero-order valence-electron chi connectivity index (χ0n) is 8.55. The Morgan fingerprint density at radius 2 is 2.13 bits per heavy atom. The number of hydrogen-bond donors (Lipinski definition) is 1. The van der Waals surface area contributed by atoms with Crippen LogP contribution in [0.5, 0.6) is 5.75 Å². The van der Waals surface area contributed by atoms with E-state index in [1.807, 2.05) is 0 Å². The fraction of sp³-hybridized carbons (Fsp3) is 0.417. The number of hydrogen-bond acceptors (Lipinski definition) is 2. The summed E-state index contributed by atoms with van der Waals surface area (Å²) in [4.78, 5) is 0. The molecule has 3 heteroatoms. The lowest BCUT2D eigenvalue weighted by atomic mass is 9.64. The maximum atomic E-state index is 13.2. The Kier molecular flexibility index (Phi) is 2.15. The molecule has 1 aromatic rings. The van der Waals surface area contributed by atoms with E-state index in [9.17, 15) is 9.50 Å². The first-order chi connectivity index (χ1) is 7.09. The third-order valence-electron chi connectivity index (χ3n) is 3.23. The van der Waals surface area contributed by atoms with Crippen molar-refractivity contribution in [2.75, 3.05) is 0 Å². The van der Waals surface area contributed by atoms with Gasteiger partial charge in [0.15, 0.2) is 11.6 Å². The van der Waals surface area contributed by atoms with Gasteiger partial charge in [0.25, 0.3) is 0 Å². The minimum Gasteiger partial charge on any atom is -0.505 e. The number of nitriles is 1. The highest BCUT2D eigenvalue weighted by Crippen LogP contribution is 2.45. The van der Waals surface area contributed by atoms with E-state index in [4.69, 9.17) is 5.26 Å². The number of halogens is 1. The molecule has 0 amide bonds. The van der Waals surface area contributed by atoms with Crippen molar-refractivity contribution >= 4 is 0 Å². The average molecular weight is 205 g/mol. The molecule has 2 rings (SSSR count). The summed E-state index contributed by atoms with van der Waals surface area (Å²) in [5.74, 6) is -0.985. The number of aromatic hydroxyl groups is 1. The van der Waals surface area contributed by atoms with Crippen molar-refractivity contribution in [2.45, 2.75) is 31.6 Å². The molecule has 1 aliphatic rings. The van der Waals surface area contributed by atoms with Crippen molar-refractivity contribution in [1.29, 1.82) is 5.26 Å². The summed E-state index contributed by atoms with van der Waals surface area (Å²) in [6.45, 7) is 1.80. The molecule has 0 aliphatic heterocycles. The molecule has 1 fully saturated rings. The van der Waals surface area contributed by atoms with E-state index in [0.29, 0.717) is 0 Å². The lowest BCUT2D eigenvalue weighted by molar-refractivity contribution is 0.320. The summed E-state index contributed by atoms with van der Waals surface area (Å²) in [7, 11) is 0. The molecule has 0 spiro atoms. The van der Waals surface area contributed by atoms with Crippen molar-refractivity contribution < 1.29 is 9.50 Å². The van der Waals surface area contributed by atoms with Crippen molar-refractivity contribution in [3.63, 3.8) is 0 Å². The largest absolute Gasteiger partial charge is 0.505 e. The first kappa shape index (κ1) is 9.97. The number of nitrogens with zero attached hydrogens (tertiary/aromatic N) is 1. The summed E-state index contributed by atoms with van der Waals surface area (Å²) in [6, 6.07) is 4.96. The van der Waals surface area contributed by atoms with Crippen LogP contribution in [0.3, 0.4) is 0 Å². The summed E-state index contributed by atoms with van der Waals surface area (Å²) in [5, 5.41) is 18.3. The Bertz CT molecular complexity index is 444. The van der Waals surface area contributed by atoms with Crippen molar-refractivity contribution in [3.8, 4) is 11.8 Å². The minimum atomic E-state index is -0.642. The maximum absolute atomic E-state index is 13.2. The second-order valence-corrected chi connectivity index (χ2v) is 4.17. The van der Waals surface area contributed by atoms with Crippen LogP contribution in [-0.4, -0.2) is 5.11 Å². The topological polar surface area (TPSA) is 44.0 Å². The van der Waals surface area contributed by atoms with Gasteiger partial charge in [0.1, 0.15) is 0 Å². The van der Waals surface area contributed by atoms with Crippen LogP contribution in [0.2, 0.25) is 0 Å². The van der Waals surface area contributed by atoms with Crippen LogP contribution in [0.15, 0.2) is 12.1 Å². The Labute approximate surface area is 88.0 Å². The van der Waals surface area contributed by atoms with Crippen molar-refractivity contribution in [3.05, 3.63) is 29.1 Å². The Hall–Kier alpha value is -1.56. The molecule has 0 atom stereocenters. The average Bonchev–Trinajstić information content (AvgIpc) is 2.12. The van der Waals surface area contributed by atoms with Gasteiger partial charge in [-0.2, -0.15) is 5.26 Å². The summed E-state index contributed by atoms with van der Waals surface area (Å²) in [5.41, 5.74) is 1.00. The van der Waals surface area contributed by atoms with E-state index < -0.39 is 11.2 Å². The predicted molar refractivity (Wildman–Crippen MR) is 53.9 cm³/mol. The van der Waals surface area contributed by atoms with Crippen LogP contribution < -0.4 is 0 Å². The van der Waals surface area contributed by atoms with Gasteiger partial charge in [0.2, 0.25) is 0 Å². The monoisotopic (exact) mass is 205 g/mol. The fourth-order valence-electron chi connectivity index (χ4n) is 2.15. The first-order valence-electron chi connectivity index (χ1n) is 5.00. The molecular formula is C12H12FNO. The molecule has 1 aliphatic carbocycles. The fourth-order valence-corrected chi connectivity index (χ4v) is 2.15. The van der Waals surface area contributed by atoms with E-state index in [1.54, 1.807) is 6.92 Å². The van der Waals surface area contributed by atoms with Crippen LogP contribution in [0.25, 0.3) is 0 Å². The lowest BCUT2D eigenvalue weighted by Crippen LogP contribution is -2.33. The zero-order valence-corrected chi connectivity index (χ0v) is 8.55. The predicted octanol–water partition coefficient (Wildman–Crippen LogP) is 2.79. The van der Waals surface area contributed by atoms with Gasteiger partial charge < -0.3 is 5.11 Å². The summed E-state index contributed by atoms with van der Waals surface area (Å²) >= 11 is 0. The molecule has 78 valence electrons. The van der Waals surface area contributed by atoms with Crippen LogP contribution in [-0.2, 0) is 5.41 Å². The molecule has 15 heavy (non-hydrogen) atoms. The van der Waals surface area contributed by atoms with Gasteiger partial charge in [-0.1, -0.05) is 0 Å². The van der Waals surface area contributed by atoms with Gasteiger partial charge in [-0.05, 0) is 49.4 Å². The molecule has 1 saturated carbocycles. The van der Waals surface area contributed by atoms with E-state index >= 15 is 0 Å². The molecule has 1 N–H and O–H groups in total. The van der Waals surface area contributed by atoms with Crippen LogP contribution in [0.1, 0.15) is 30.4 Å². The van der Waals surface area contributed by atoms with Gasteiger partial charge >= 0.3 is 0 Å². The maximum Gasteiger partial charge on any atom is 0.165 e. The molecule has 0 unspecified atom stereocenters. The normalized spacial score (nSPS) is 17.9. The quantitative estimate of drug-likeness (QED) is 0.766. The molecule has 0 bridgehead atoms. The van der Waals surface area contributed by atoms with Gasteiger partial charge in [0.05, 0.1) is 11.5 Å². The highest BCUT2D eigenvalue weighted by molar-refractivity contribution is 5.44. The van der Waals surface area contributed by atoms with Gasteiger partial charge in [-0.25, -0.2) is 4.39 Å². The third kappa shape index (κ3) is 1.37. The van der Waals surface area contributed by atoms with Gasteiger partial charge in [-0.3, -0.25) is 0 Å². The molecular weight excluding hydrogens is 193 g/mol.